The molecule has 2 aromatic heterocycles. The quantitative estimate of drug-likeness (QED) is 0.203. The Morgan fingerprint density at radius 3 is 1.66 bits per heavy atom. The Kier molecular flexibility index (Phi) is 6.55. The molecule has 8 aromatic rings. The van der Waals surface area contributed by atoms with Gasteiger partial charge in [-0.25, -0.2) is 15.0 Å². The fraction of sp³-hybridized carbons (Fsp3) is 0.0250. The molecule has 0 radical (unpaired) electrons. The molecule has 0 aliphatic carbocycles. The summed E-state index contributed by atoms with van der Waals surface area (Å²) in [6, 6.07) is 50.9. The number of rotatable bonds is 5. The number of hydrogen-bond acceptors (Lipinski definition) is 4. The minimum atomic E-state index is 0.658. The second kappa shape index (κ2) is 11.0. The zero-order chi connectivity index (χ0) is 29.5. The van der Waals surface area contributed by atoms with Crippen molar-refractivity contribution >= 4 is 31.5 Å². The van der Waals surface area contributed by atoms with Gasteiger partial charge in [-0.05, 0) is 52.9 Å². The van der Waals surface area contributed by atoms with Crippen molar-refractivity contribution < 1.29 is 0 Å². The van der Waals surface area contributed by atoms with Crippen LogP contribution in [0.15, 0.2) is 146 Å². The Labute approximate surface area is 260 Å². The zero-order valence-corrected chi connectivity index (χ0v) is 24.9. The van der Waals surface area contributed by atoms with Crippen molar-refractivity contribution in [2.24, 2.45) is 0 Å². The minimum absolute atomic E-state index is 0.658. The molecule has 0 amide bonds. The van der Waals surface area contributed by atoms with Crippen LogP contribution in [0.25, 0.3) is 76.6 Å². The number of benzene rings is 6. The van der Waals surface area contributed by atoms with E-state index in [1.807, 2.05) is 72.0 Å². The van der Waals surface area contributed by atoms with Crippen LogP contribution in [0.5, 0.6) is 0 Å². The van der Waals surface area contributed by atoms with Crippen LogP contribution >= 0.6 is 11.3 Å². The van der Waals surface area contributed by atoms with Crippen molar-refractivity contribution in [2.45, 2.75) is 6.92 Å². The highest BCUT2D eigenvalue weighted by molar-refractivity contribution is 7.26. The summed E-state index contributed by atoms with van der Waals surface area (Å²) in [6.45, 7) is 2.16. The SMILES string of the molecule is Cc1ccc(-c2nc(-c3ccccc3)nc(-c3ccccc3)n2)cc1-c1cccc(-c2cccc3c2sc2ccccc23)c1. The van der Waals surface area contributed by atoms with Gasteiger partial charge >= 0.3 is 0 Å². The Balaban J connectivity index is 1.25. The summed E-state index contributed by atoms with van der Waals surface area (Å²) in [5.74, 6) is 1.98. The third-order valence-corrected chi connectivity index (χ3v) is 9.30. The maximum absolute atomic E-state index is 4.96. The van der Waals surface area contributed by atoms with E-state index in [4.69, 9.17) is 15.0 Å². The minimum Gasteiger partial charge on any atom is -0.208 e. The van der Waals surface area contributed by atoms with Gasteiger partial charge in [-0.3, -0.25) is 0 Å². The van der Waals surface area contributed by atoms with E-state index in [9.17, 15) is 0 Å². The summed E-state index contributed by atoms with van der Waals surface area (Å²) < 4.78 is 2.64. The first-order valence-electron chi connectivity index (χ1n) is 14.7. The van der Waals surface area contributed by atoms with E-state index in [1.165, 1.54) is 42.4 Å². The van der Waals surface area contributed by atoms with Crippen LogP contribution in [0.3, 0.4) is 0 Å². The van der Waals surface area contributed by atoms with E-state index < -0.39 is 0 Å². The number of nitrogens with zero attached hydrogens (tertiary/aromatic N) is 3. The molecule has 0 saturated carbocycles. The molecule has 0 bridgehead atoms. The van der Waals surface area contributed by atoms with E-state index in [0.717, 1.165) is 22.3 Å². The van der Waals surface area contributed by atoms with Gasteiger partial charge in [0.05, 0.1) is 0 Å². The normalized spacial score (nSPS) is 11.3. The summed E-state index contributed by atoms with van der Waals surface area (Å²) >= 11 is 1.86. The largest absolute Gasteiger partial charge is 0.208 e. The Bertz CT molecular complexity index is 2230. The van der Waals surface area contributed by atoms with Crippen molar-refractivity contribution in [2.75, 3.05) is 0 Å². The molecule has 2 heterocycles. The summed E-state index contributed by atoms with van der Waals surface area (Å²) in [6.07, 6.45) is 0. The first-order valence-corrected chi connectivity index (χ1v) is 15.5. The number of aromatic nitrogens is 3. The van der Waals surface area contributed by atoms with Crippen molar-refractivity contribution in [3.8, 4) is 56.4 Å². The van der Waals surface area contributed by atoms with E-state index >= 15 is 0 Å². The van der Waals surface area contributed by atoms with Gasteiger partial charge in [0.25, 0.3) is 0 Å². The van der Waals surface area contributed by atoms with E-state index in [2.05, 4.69) is 91.9 Å². The molecule has 4 heteroatoms. The lowest BCUT2D eigenvalue weighted by Crippen LogP contribution is -2.00. The summed E-state index contributed by atoms with van der Waals surface area (Å²) in [5, 5.41) is 2.63. The summed E-state index contributed by atoms with van der Waals surface area (Å²) in [7, 11) is 0. The van der Waals surface area contributed by atoms with Crippen LogP contribution in [0, 0.1) is 6.92 Å². The maximum Gasteiger partial charge on any atom is 0.164 e. The average molecular weight is 582 g/mol. The number of aryl methyl sites for hydroxylation is 1. The van der Waals surface area contributed by atoms with Crippen LogP contribution in [-0.4, -0.2) is 15.0 Å². The Morgan fingerprint density at radius 1 is 0.409 bits per heavy atom. The molecule has 6 aromatic carbocycles. The Morgan fingerprint density at radius 2 is 0.955 bits per heavy atom. The molecular weight excluding hydrogens is 555 g/mol. The molecule has 0 spiro atoms. The lowest BCUT2D eigenvalue weighted by atomic mass is 9.94. The van der Waals surface area contributed by atoms with Gasteiger partial charge in [0, 0.05) is 36.9 Å². The van der Waals surface area contributed by atoms with Crippen molar-refractivity contribution in [3.05, 3.63) is 151 Å². The number of thiophene rings is 1. The van der Waals surface area contributed by atoms with Crippen LogP contribution in [0.2, 0.25) is 0 Å². The van der Waals surface area contributed by atoms with E-state index in [1.54, 1.807) is 0 Å². The molecule has 0 N–H and O–H groups in total. The van der Waals surface area contributed by atoms with Crippen molar-refractivity contribution in [1.29, 1.82) is 0 Å². The van der Waals surface area contributed by atoms with Crippen LogP contribution < -0.4 is 0 Å². The third-order valence-electron chi connectivity index (χ3n) is 8.08. The first kappa shape index (κ1) is 26.2. The lowest BCUT2D eigenvalue weighted by Gasteiger charge is -2.12. The maximum atomic E-state index is 4.96. The van der Waals surface area contributed by atoms with Gasteiger partial charge < -0.3 is 0 Å². The molecule has 0 aliphatic heterocycles. The van der Waals surface area contributed by atoms with Gasteiger partial charge in [0.2, 0.25) is 0 Å². The standard InChI is InChI=1S/C40H27N3S/c1-26-22-23-31(40-42-38(27-12-4-2-5-13-27)41-39(43-40)28-14-6-3-7-15-28)25-35(26)30-17-10-16-29(24-30)32-19-11-20-34-33-18-8-9-21-36(33)44-37(32)34/h2-25H,1H3. The summed E-state index contributed by atoms with van der Waals surface area (Å²) in [5.41, 5.74) is 8.88. The fourth-order valence-electron chi connectivity index (χ4n) is 5.84. The highest BCUT2D eigenvalue weighted by atomic mass is 32.1. The first-order chi connectivity index (χ1) is 21.7. The van der Waals surface area contributed by atoms with Crippen molar-refractivity contribution in [1.82, 2.24) is 15.0 Å². The monoisotopic (exact) mass is 581 g/mol. The third kappa shape index (κ3) is 4.76. The summed E-state index contributed by atoms with van der Waals surface area (Å²) in [4.78, 5) is 14.8. The molecule has 208 valence electrons. The molecule has 3 nitrogen and oxygen atoms in total. The van der Waals surface area contributed by atoms with Gasteiger partial charge in [-0.1, -0.05) is 127 Å². The predicted octanol–water partition coefficient (Wildman–Crippen LogP) is 10.9. The van der Waals surface area contributed by atoms with Crippen molar-refractivity contribution in [3.63, 3.8) is 0 Å². The number of hydrogen-bond donors (Lipinski definition) is 0. The van der Waals surface area contributed by atoms with Crippen LogP contribution in [0.4, 0.5) is 0 Å². The molecule has 0 unspecified atom stereocenters. The second-order valence-corrected chi connectivity index (χ2v) is 12.0. The smallest absolute Gasteiger partial charge is 0.164 e. The molecule has 0 aliphatic rings. The predicted molar refractivity (Wildman–Crippen MR) is 185 cm³/mol. The molecule has 8 rings (SSSR count). The molecule has 0 saturated heterocycles. The highest BCUT2D eigenvalue weighted by Crippen LogP contribution is 2.41. The highest BCUT2D eigenvalue weighted by Gasteiger charge is 2.15. The van der Waals surface area contributed by atoms with E-state index in [0.29, 0.717) is 17.5 Å². The second-order valence-electron chi connectivity index (χ2n) is 10.9. The molecule has 0 fully saturated rings. The topological polar surface area (TPSA) is 38.7 Å². The van der Waals surface area contributed by atoms with E-state index in [-0.39, 0.29) is 0 Å². The Hall–Kier alpha value is -5.45. The zero-order valence-electron chi connectivity index (χ0n) is 24.1. The van der Waals surface area contributed by atoms with Gasteiger partial charge in [-0.15, -0.1) is 11.3 Å². The average Bonchev–Trinajstić information content (AvgIpc) is 3.48. The molecule has 0 atom stereocenters. The van der Waals surface area contributed by atoms with Crippen LogP contribution in [-0.2, 0) is 0 Å². The molecular formula is C40H27N3S. The van der Waals surface area contributed by atoms with Gasteiger partial charge in [0.1, 0.15) is 0 Å². The van der Waals surface area contributed by atoms with Gasteiger partial charge in [-0.2, -0.15) is 0 Å². The molecule has 44 heavy (non-hydrogen) atoms. The fourth-order valence-corrected chi connectivity index (χ4v) is 7.08. The van der Waals surface area contributed by atoms with Crippen LogP contribution in [0.1, 0.15) is 5.56 Å². The van der Waals surface area contributed by atoms with Gasteiger partial charge in [0.15, 0.2) is 17.5 Å². The lowest BCUT2D eigenvalue weighted by molar-refractivity contribution is 1.07. The number of fused-ring (bicyclic) bond motifs is 3.